The van der Waals surface area contributed by atoms with E-state index in [0.29, 0.717) is 0 Å². The molecule has 0 radical (unpaired) electrons. The zero-order valence-electron chi connectivity index (χ0n) is 10.2. The van der Waals surface area contributed by atoms with Crippen molar-refractivity contribution in [1.82, 2.24) is 5.32 Å². The van der Waals surface area contributed by atoms with Crippen LogP contribution in [0.15, 0.2) is 0 Å². The van der Waals surface area contributed by atoms with Crippen LogP contribution in [0.25, 0.3) is 0 Å². The third kappa shape index (κ3) is 4.80. The van der Waals surface area contributed by atoms with Gasteiger partial charge < -0.3 is 16.2 Å². The second-order valence-electron chi connectivity index (χ2n) is 4.72. The number of nitrogens with one attached hydrogen (secondary N) is 1. The molecule has 0 saturated heterocycles. The Bertz CT molecular complexity index is 387. The van der Waals surface area contributed by atoms with E-state index in [-0.39, 0.29) is 19.3 Å². The third-order valence-electron chi connectivity index (χ3n) is 3.03. The lowest BCUT2D eigenvalue weighted by Crippen LogP contribution is -2.47. The van der Waals surface area contributed by atoms with E-state index in [2.05, 4.69) is 5.32 Å². The second kappa shape index (κ2) is 5.94. The first kappa shape index (κ1) is 15.3. The zero-order valence-corrected chi connectivity index (χ0v) is 10.2. The van der Waals surface area contributed by atoms with Crippen LogP contribution in [0.3, 0.4) is 0 Å². The van der Waals surface area contributed by atoms with Gasteiger partial charge >= 0.3 is 5.97 Å². The van der Waals surface area contributed by atoms with Crippen molar-refractivity contribution >= 4 is 17.8 Å². The SMILES string of the molecule is NC(=O)CC(NC(=O)C1CCCC(F)(F)C1)C(=O)O. The number of nitrogens with two attached hydrogens (primary N) is 1. The summed E-state index contributed by atoms with van der Waals surface area (Å²) in [6.07, 6.45) is -0.935. The lowest BCUT2D eigenvalue weighted by Gasteiger charge is -2.28. The van der Waals surface area contributed by atoms with Crippen molar-refractivity contribution in [1.29, 1.82) is 0 Å². The predicted octanol–water partition coefficient (Wildman–Crippen LogP) is 0.257. The van der Waals surface area contributed by atoms with E-state index in [0.717, 1.165) is 0 Å². The molecule has 1 aliphatic carbocycles. The highest BCUT2D eigenvalue weighted by Gasteiger charge is 2.40. The molecule has 2 amide bonds. The van der Waals surface area contributed by atoms with Gasteiger partial charge in [0.15, 0.2) is 0 Å². The fourth-order valence-electron chi connectivity index (χ4n) is 2.09. The van der Waals surface area contributed by atoms with Crippen LogP contribution in [0.2, 0.25) is 0 Å². The maximum Gasteiger partial charge on any atom is 0.326 e. The maximum absolute atomic E-state index is 13.2. The molecular formula is C11H16F2N2O4. The average molecular weight is 278 g/mol. The molecule has 0 aromatic heterocycles. The quantitative estimate of drug-likeness (QED) is 0.669. The van der Waals surface area contributed by atoms with Crippen LogP contribution < -0.4 is 11.1 Å². The summed E-state index contributed by atoms with van der Waals surface area (Å²) in [5, 5.41) is 10.9. The van der Waals surface area contributed by atoms with E-state index in [1.807, 2.05) is 0 Å². The van der Waals surface area contributed by atoms with Crippen molar-refractivity contribution in [2.24, 2.45) is 11.7 Å². The monoisotopic (exact) mass is 278 g/mol. The van der Waals surface area contributed by atoms with Crippen LogP contribution in [-0.4, -0.2) is 34.9 Å². The molecule has 1 rings (SSSR count). The fourth-order valence-corrected chi connectivity index (χ4v) is 2.09. The minimum Gasteiger partial charge on any atom is -0.480 e. The van der Waals surface area contributed by atoms with Crippen LogP contribution in [-0.2, 0) is 14.4 Å². The summed E-state index contributed by atoms with van der Waals surface area (Å²) >= 11 is 0. The molecule has 0 heterocycles. The predicted molar refractivity (Wildman–Crippen MR) is 60.3 cm³/mol. The molecule has 0 aromatic rings. The summed E-state index contributed by atoms with van der Waals surface area (Å²) in [5.41, 5.74) is 4.85. The Kier molecular flexibility index (Phi) is 4.79. The Labute approximate surface area is 108 Å². The van der Waals surface area contributed by atoms with Crippen LogP contribution in [0.4, 0.5) is 8.78 Å². The summed E-state index contributed by atoms with van der Waals surface area (Å²) in [5.74, 6) is -6.91. The largest absolute Gasteiger partial charge is 0.480 e. The second-order valence-corrected chi connectivity index (χ2v) is 4.72. The standard InChI is InChI=1S/C11H16F2N2O4/c12-11(13)3-1-2-6(5-11)9(17)15-7(10(18)19)4-8(14)16/h6-7H,1-5H2,(H2,14,16)(H,15,17)(H,18,19). The van der Waals surface area contributed by atoms with Crippen molar-refractivity contribution in [3.05, 3.63) is 0 Å². The highest BCUT2D eigenvalue weighted by atomic mass is 19.3. The number of carbonyl (C=O) groups excluding carboxylic acids is 2. The number of rotatable bonds is 5. The molecule has 0 aliphatic heterocycles. The van der Waals surface area contributed by atoms with Gasteiger partial charge in [-0.2, -0.15) is 0 Å². The van der Waals surface area contributed by atoms with Crippen LogP contribution in [0.5, 0.6) is 0 Å². The van der Waals surface area contributed by atoms with Crippen LogP contribution in [0, 0.1) is 5.92 Å². The third-order valence-corrected chi connectivity index (χ3v) is 3.03. The van der Waals surface area contributed by atoms with E-state index in [1.54, 1.807) is 0 Å². The Balaban J connectivity index is 2.61. The molecule has 0 spiro atoms. The number of hydrogen-bond donors (Lipinski definition) is 3. The minimum atomic E-state index is -2.90. The van der Waals surface area contributed by atoms with Crippen molar-refractivity contribution < 1.29 is 28.3 Å². The molecule has 1 saturated carbocycles. The molecule has 1 aliphatic rings. The van der Waals surface area contributed by atoms with E-state index >= 15 is 0 Å². The van der Waals surface area contributed by atoms with Gasteiger partial charge in [-0.15, -0.1) is 0 Å². The topological polar surface area (TPSA) is 109 Å². The van der Waals surface area contributed by atoms with E-state index in [9.17, 15) is 23.2 Å². The van der Waals surface area contributed by atoms with Crippen LogP contribution in [0.1, 0.15) is 32.1 Å². The smallest absolute Gasteiger partial charge is 0.326 e. The molecule has 0 bridgehead atoms. The van der Waals surface area contributed by atoms with Gasteiger partial charge in [0, 0.05) is 18.8 Å². The van der Waals surface area contributed by atoms with E-state index in [1.165, 1.54) is 0 Å². The molecule has 6 nitrogen and oxygen atoms in total. The lowest BCUT2D eigenvalue weighted by atomic mass is 9.86. The summed E-state index contributed by atoms with van der Waals surface area (Å²) in [7, 11) is 0. The Morgan fingerprint density at radius 2 is 2.05 bits per heavy atom. The number of alkyl halides is 2. The Morgan fingerprint density at radius 3 is 2.53 bits per heavy atom. The van der Waals surface area contributed by atoms with Gasteiger partial charge in [0.1, 0.15) is 6.04 Å². The number of halogens is 2. The number of hydrogen-bond acceptors (Lipinski definition) is 3. The maximum atomic E-state index is 13.2. The molecule has 108 valence electrons. The molecule has 0 aromatic carbocycles. The van der Waals surface area contributed by atoms with Gasteiger partial charge in [-0.1, -0.05) is 0 Å². The minimum absolute atomic E-state index is 0.207. The molecule has 2 unspecified atom stereocenters. The van der Waals surface area contributed by atoms with E-state index in [4.69, 9.17) is 10.8 Å². The first-order valence-electron chi connectivity index (χ1n) is 5.90. The van der Waals surface area contributed by atoms with Gasteiger partial charge in [0.05, 0.1) is 6.42 Å². The summed E-state index contributed by atoms with van der Waals surface area (Å²) < 4.78 is 26.3. The number of amides is 2. The molecular weight excluding hydrogens is 262 g/mol. The summed E-state index contributed by atoms with van der Waals surface area (Å²) in [6.45, 7) is 0. The summed E-state index contributed by atoms with van der Waals surface area (Å²) in [6, 6.07) is -1.47. The fraction of sp³-hybridized carbons (Fsp3) is 0.727. The highest BCUT2D eigenvalue weighted by molar-refractivity contribution is 5.88. The molecule has 2 atom stereocenters. The normalized spacial score (nSPS) is 23.4. The van der Waals surface area contributed by atoms with Crippen molar-refractivity contribution in [2.75, 3.05) is 0 Å². The number of primary amides is 1. The molecule has 1 fully saturated rings. The van der Waals surface area contributed by atoms with Crippen molar-refractivity contribution in [3.63, 3.8) is 0 Å². The number of carboxylic acid groups (broad SMARTS) is 1. The zero-order chi connectivity index (χ0) is 14.6. The number of carboxylic acids is 1. The number of carbonyl (C=O) groups is 3. The van der Waals surface area contributed by atoms with Crippen LogP contribution >= 0.6 is 0 Å². The van der Waals surface area contributed by atoms with E-state index < -0.39 is 48.5 Å². The van der Waals surface area contributed by atoms with Gasteiger partial charge in [0.25, 0.3) is 0 Å². The highest BCUT2D eigenvalue weighted by Crippen LogP contribution is 2.36. The number of aliphatic carboxylic acids is 1. The van der Waals surface area contributed by atoms with Crippen molar-refractivity contribution in [2.45, 2.75) is 44.1 Å². The molecule has 8 heteroatoms. The Hall–Kier alpha value is -1.73. The molecule has 4 N–H and O–H groups in total. The Morgan fingerprint density at radius 1 is 1.42 bits per heavy atom. The molecule has 19 heavy (non-hydrogen) atoms. The van der Waals surface area contributed by atoms with Crippen molar-refractivity contribution in [3.8, 4) is 0 Å². The lowest BCUT2D eigenvalue weighted by molar-refractivity contribution is -0.145. The first-order valence-corrected chi connectivity index (χ1v) is 5.90. The van der Waals surface area contributed by atoms with Gasteiger partial charge in [0.2, 0.25) is 17.7 Å². The average Bonchev–Trinajstić information content (AvgIpc) is 2.25. The van der Waals surface area contributed by atoms with Gasteiger partial charge in [-0.05, 0) is 12.8 Å². The first-order chi connectivity index (χ1) is 8.71. The van der Waals surface area contributed by atoms with Gasteiger partial charge in [-0.25, -0.2) is 13.6 Å². The summed E-state index contributed by atoms with van der Waals surface area (Å²) in [4.78, 5) is 33.2. The van der Waals surface area contributed by atoms with Gasteiger partial charge in [-0.3, -0.25) is 9.59 Å².